The Hall–Kier alpha value is -0.483. The molecule has 129 valence electrons. The maximum Gasteiger partial charge on any atom is 0.188 e. The summed E-state index contributed by atoms with van der Waals surface area (Å²) in [6, 6.07) is 10.9. The van der Waals surface area contributed by atoms with E-state index < -0.39 is 0 Å². The zero-order valence-electron chi connectivity index (χ0n) is 15.0. The fraction of sp³-hybridized carbons (Fsp3) is 0.316. The fourth-order valence-corrected chi connectivity index (χ4v) is 3.98. The van der Waals surface area contributed by atoms with Crippen LogP contribution in [0.3, 0.4) is 0 Å². The van der Waals surface area contributed by atoms with Gasteiger partial charge in [0.1, 0.15) is 5.75 Å². The molecule has 0 aliphatic heterocycles. The molecule has 1 atom stereocenters. The summed E-state index contributed by atoms with van der Waals surface area (Å²) >= 11 is 12.2. The molecule has 0 aliphatic carbocycles. The van der Waals surface area contributed by atoms with Gasteiger partial charge in [0.25, 0.3) is 0 Å². The van der Waals surface area contributed by atoms with Crippen molar-refractivity contribution in [3.05, 3.63) is 57.6 Å². The summed E-state index contributed by atoms with van der Waals surface area (Å²) in [6.07, 6.45) is 1.02. The molecule has 6 heteroatoms. The van der Waals surface area contributed by atoms with Crippen molar-refractivity contribution in [3.63, 3.8) is 0 Å². The zero-order chi connectivity index (χ0) is 17.7. The first-order valence-electron chi connectivity index (χ1n) is 7.87. The molecule has 0 spiro atoms. The molecule has 0 bridgehead atoms. The minimum atomic E-state index is -0.0535. The summed E-state index contributed by atoms with van der Waals surface area (Å²) in [5, 5.41) is 1.77. The monoisotopic (exact) mass is 389 g/mol. The van der Waals surface area contributed by atoms with E-state index in [4.69, 9.17) is 27.9 Å². The van der Waals surface area contributed by atoms with Gasteiger partial charge in [0.05, 0.1) is 22.2 Å². The van der Waals surface area contributed by atoms with Crippen LogP contribution in [0.4, 0.5) is 0 Å². The van der Waals surface area contributed by atoms with Crippen molar-refractivity contribution >= 4 is 61.5 Å². The van der Waals surface area contributed by atoms with Crippen molar-refractivity contribution < 1.29 is 9.53 Å². The Balaban J connectivity index is 0.00000312. The minimum Gasteiger partial charge on any atom is -0.494 e. The smallest absolute Gasteiger partial charge is 0.188 e. The Bertz CT molecular complexity index is 715. The summed E-state index contributed by atoms with van der Waals surface area (Å²) < 4.78 is 5.76. The molecule has 1 radical (unpaired) electrons. The summed E-state index contributed by atoms with van der Waals surface area (Å²) in [7, 11) is -0.0213. The van der Waals surface area contributed by atoms with Crippen LogP contribution < -0.4 is 10.0 Å². The molecule has 0 heterocycles. The van der Waals surface area contributed by atoms with Gasteiger partial charge < -0.3 is 4.74 Å². The van der Waals surface area contributed by atoms with E-state index in [-0.39, 0.29) is 33.0 Å². The predicted molar refractivity (Wildman–Crippen MR) is 111 cm³/mol. The quantitative estimate of drug-likeness (QED) is 0.462. The zero-order valence-corrected chi connectivity index (χ0v) is 17.5. The number of hydrogen-bond donors (Lipinski definition) is 0. The molecule has 0 aromatic heterocycles. The van der Waals surface area contributed by atoms with E-state index in [2.05, 4.69) is 13.8 Å². The number of hydrogen-bond acceptors (Lipinski definition) is 2. The van der Waals surface area contributed by atoms with Crippen LogP contribution in [0.5, 0.6) is 5.75 Å². The predicted octanol–water partition coefficient (Wildman–Crippen LogP) is 5.49. The number of halogens is 2. The molecular formula is C19H21Cl2LiO2P. The van der Waals surface area contributed by atoms with Crippen LogP contribution in [0.1, 0.15) is 36.2 Å². The first-order chi connectivity index (χ1) is 11.4. The van der Waals surface area contributed by atoms with Gasteiger partial charge in [0, 0.05) is 18.9 Å². The van der Waals surface area contributed by atoms with Crippen molar-refractivity contribution in [1.29, 1.82) is 0 Å². The number of rotatable bonds is 7. The van der Waals surface area contributed by atoms with Gasteiger partial charge in [0.2, 0.25) is 0 Å². The van der Waals surface area contributed by atoms with Crippen LogP contribution in [0.25, 0.3) is 0 Å². The SMILES string of the molecule is Cc1cc(OCCC(C)C)ccc1PC(=O)c1c(Cl)cccc1Cl.[Li]. The summed E-state index contributed by atoms with van der Waals surface area (Å²) in [4.78, 5) is 12.6. The van der Waals surface area contributed by atoms with Gasteiger partial charge in [-0.2, -0.15) is 0 Å². The standard InChI is InChI=1S/C19H21Cl2O2P.Li/c1-12(2)9-10-23-14-7-8-17(13(3)11-14)24-19(22)18-15(20)5-4-6-16(18)21;/h4-8,11-12,24H,9-10H2,1-3H3;. The van der Waals surface area contributed by atoms with Gasteiger partial charge in [-0.15, -0.1) is 0 Å². The molecule has 0 fully saturated rings. The Morgan fingerprint density at radius 2 is 1.80 bits per heavy atom. The van der Waals surface area contributed by atoms with E-state index in [0.29, 0.717) is 28.1 Å². The van der Waals surface area contributed by atoms with Gasteiger partial charge in [-0.1, -0.05) is 49.2 Å². The molecule has 25 heavy (non-hydrogen) atoms. The van der Waals surface area contributed by atoms with Crippen molar-refractivity contribution in [3.8, 4) is 5.75 Å². The number of carbonyl (C=O) groups is 1. The van der Waals surface area contributed by atoms with E-state index in [0.717, 1.165) is 23.0 Å². The number of benzene rings is 2. The molecular weight excluding hydrogens is 369 g/mol. The Morgan fingerprint density at radius 1 is 1.16 bits per heavy atom. The van der Waals surface area contributed by atoms with Gasteiger partial charge in [0.15, 0.2) is 5.52 Å². The second-order valence-corrected chi connectivity index (χ2v) is 8.12. The van der Waals surface area contributed by atoms with E-state index >= 15 is 0 Å². The van der Waals surface area contributed by atoms with E-state index in [1.807, 2.05) is 25.1 Å². The van der Waals surface area contributed by atoms with Gasteiger partial charge in [-0.3, -0.25) is 4.79 Å². The first kappa shape index (κ1) is 22.6. The van der Waals surface area contributed by atoms with E-state index in [9.17, 15) is 4.79 Å². The molecule has 0 saturated carbocycles. The topological polar surface area (TPSA) is 26.3 Å². The van der Waals surface area contributed by atoms with Crippen LogP contribution in [0, 0.1) is 12.8 Å². The number of carbonyl (C=O) groups excluding carboxylic acids is 1. The normalized spacial score (nSPS) is 11.0. The van der Waals surface area contributed by atoms with Crippen LogP contribution in [-0.2, 0) is 0 Å². The van der Waals surface area contributed by atoms with Crippen molar-refractivity contribution in [2.75, 3.05) is 6.61 Å². The van der Waals surface area contributed by atoms with Gasteiger partial charge in [-0.05, 0) is 63.0 Å². The molecule has 0 saturated heterocycles. The first-order valence-corrected chi connectivity index (χ1v) is 9.63. The third kappa shape index (κ3) is 6.63. The molecule has 2 rings (SSSR count). The molecule has 2 aromatic carbocycles. The Labute approximate surface area is 173 Å². The van der Waals surface area contributed by atoms with Crippen LogP contribution >= 0.6 is 31.8 Å². The van der Waals surface area contributed by atoms with Gasteiger partial charge >= 0.3 is 0 Å². The Morgan fingerprint density at radius 3 is 2.36 bits per heavy atom. The average Bonchev–Trinajstić information content (AvgIpc) is 2.49. The van der Waals surface area contributed by atoms with E-state index in [1.54, 1.807) is 18.2 Å². The molecule has 0 N–H and O–H groups in total. The van der Waals surface area contributed by atoms with Crippen molar-refractivity contribution in [2.24, 2.45) is 5.92 Å². The van der Waals surface area contributed by atoms with Gasteiger partial charge in [-0.25, -0.2) is 0 Å². The molecule has 1 unspecified atom stereocenters. The number of ether oxygens (including phenoxy) is 1. The third-order valence-corrected chi connectivity index (χ3v) is 5.54. The average molecular weight is 390 g/mol. The fourth-order valence-electron chi connectivity index (χ4n) is 2.18. The maximum atomic E-state index is 12.6. The van der Waals surface area contributed by atoms with Crippen LogP contribution in [0.2, 0.25) is 10.0 Å². The minimum absolute atomic E-state index is 0. The van der Waals surface area contributed by atoms with Crippen molar-refractivity contribution in [1.82, 2.24) is 0 Å². The second-order valence-electron chi connectivity index (χ2n) is 6.06. The third-order valence-electron chi connectivity index (χ3n) is 3.60. The summed E-state index contributed by atoms with van der Waals surface area (Å²) in [5.74, 6) is 1.45. The van der Waals surface area contributed by atoms with Crippen molar-refractivity contribution in [2.45, 2.75) is 27.2 Å². The van der Waals surface area contributed by atoms with Crippen LogP contribution in [-0.4, -0.2) is 31.0 Å². The summed E-state index contributed by atoms with van der Waals surface area (Å²) in [6.45, 7) is 7.03. The second kappa shape index (κ2) is 10.6. The molecule has 2 nitrogen and oxygen atoms in total. The largest absolute Gasteiger partial charge is 0.494 e. The van der Waals surface area contributed by atoms with Crippen LogP contribution in [0.15, 0.2) is 36.4 Å². The van der Waals surface area contributed by atoms with E-state index in [1.165, 1.54) is 0 Å². The molecule has 0 aliphatic rings. The molecule has 0 amide bonds. The molecule has 2 aromatic rings. The number of aryl methyl sites for hydroxylation is 1. The maximum absolute atomic E-state index is 12.6. The summed E-state index contributed by atoms with van der Waals surface area (Å²) in [5.41, 5.74) is 1.38. The Kier molecular flexibility index (Phi) is 9.58.